The Balaban J connectivity index is 0.00000243. The fraction of sp³-hybridized carbons (Fsp3) is 0.450. The van der Waals surface area contributed by atoms with Gasteiger partial charge in [0.05, 0.1) is 12.5 Å². The van der Waals surface area contributed by atoms with Gasteiger partial charge in [-0.3, -0.25) is 4.79 Å². The Hall–Kier alpha value is -1.82. The van der Waals surface area contributed by atoms with Crippen LogP contribution in [0.4, 0.5) is 0 Å². The van der Waals surface area contributed by atoms with Crippen molar-refractivity contribution in [1.29, 1.82) is 0 Å². The predicted octanol–water partition coefficient (Wildman–Crippen LogP) is 2.98. The van der Waals surface area contributed by atoms with Crippen molar-refractivity contribution < 1.29 is 14.3 Å². The highest BCUT2D eigenvalue weighted by atomic mass is 35.5. The lowest BCUT2D eigenvalue weighted by molar-refractivity contribution is -0.146. The number of nitrogens with two attached hydrogens (primary N) is 1. The zero-order valence-corrected chi connectivity index (χ0v) is 16.2. The van der Waals surface area contributed by atoms with Gasteiger partial charge in [0.15, 0.2) is 0 Å². The van der Waals surface area contributed by atoms with Gasteiger partial charge in [0.25, 0.3) is 0 Å². The van der Waals surface area contributed by atoms with Crippen molar-refractivity contribution in [2.75, 3.05) is 33.9 Å². The average Bonchev–Trinajstić information content (AvgIpc) is 2.67. The van der Waals surface area contributed by atoms with Gasteiger partial charge in [-0.2, -0.15) is 0 Å². The summed E-state index contributed by atoms with van der Waals surface area (Å²) in [5.41, 5.74) is 6.59. The number of rotatable bonds is 5. The fourth-order valence-corrected chi connectivity index (χ4v) is 3.52. The van der Waals surface area contributed by atoms with E-state index in [1.807, 2.05) is 25.2 Å². The number of hydrogen-bond donors (Lipinski definition) is 1. The second-order valence-electron chi connectivity index (χ2n) is 6.81. The molecule has 142 valence electrons. The minimum Gasteiger partial charge on any atom is -0.497 e. The van der Waals surface area contributed by atoms with Crippen LogP contribution < -0.4 is 10.5 Å². The van der Waals surface area contributed by atoms with Crippen LogP contribution in [0.25, 0.3) is 10.8 Å². The van der Waals surface area contributed by atoms with E-state index in [1.165, 1.54) is 0 Å². The topological polar surface area (TPSA) is 64.8 Å². The summed E-state index contributed by atoms with van der Waals surface area (Å²) in [6.45, 7) is 2.16. The molecule has 1 amide bonds. The van der Waals surface area contributed by atoms with E-state index in [9.17, 15) is 4.79 Å². The Morgan fingerprint density at radius 3 is 2.50 bits per heavy atom. The third-order valence-electron chi connectivity index (χ3n) is 5.17. The Kier molecular flexibility index (Phi) is 6.87. The van der Waals surface area contributed by atoms with Crippen molar-refractivity contribution in [2.24, 2.45) is 11.1 Å². The molecule has 0 atom stereocenters. The molecule has 2 N–H and O–H groups in total. The number of methoxy groups -OCH3 is 1. The lowest BCUT2D eigenvalue weighted by atomic mass is 9.79. The summed E-state index contributed by atoms with van der Waals surface area (Å²) in [7, 11) is 3.52. The summed E-state index contributed by atoms with van der Waals surface area (Å²) in [4.78, 5) is 14.8. The first-order chi connectivity index (χ1) is 12.1. The van der Waals surface area contributed by atoms with Crippen molar-refractivity contribution >= 4 is 29.1 Å². The largest absolute Gasteiger partial charge is 0.497 e. The molecule has 1 heterocycles. The fourth-order valence-electron chi connectivity index (χ4n) is 3.52. The molecule has 1 aliphatic heterocycles. The van der Waals surface area contributed by atoms with Gasteiger partial charge >= 0.3 is 0 Å². The molecule has 0 saturated carbocycles. The zero-order valence-electron chi connectivity index (χ0n) is 15.4. The molecule has 0 radical (unpaired) electrons. The second kappa shape index (κ2) is 8.71. The number of carbonyl (C=O) groups excluding carboxylic acids is 1. The normalized spacial score (nSPS) is 16.0. The Bertz CT molecular complexity index is 760. The molecule has 0 spiro atoms. The summed E-state index contributed by atoms with van der Waals surface area (Å²) < 4.78 is 10.7. The maximum Gasteiger partial charge on any atom is 0.230 e. The van der Waals surface area contributed by atoms with Crippen LogP contribution in [0.1, 0.15) is 18.4 Å². The lowest BCUT2D eigenvalue weighted by Crippen LogP contribution is -2.49. The average molecular weight is 379 g/mol. The van der Waals surface area contributed by atoms with Gasteiger partial charge in [-0.1, -0.05) is 18.2 Å². The van der Waals surface area contributed by atoms with Crippen LogP contribution in [0.5, 0.6) is 5.75 Å². The van der Waals surface area contributed by atoms with Gasteiger partial charge < -0.3 is 20.1 Å². The van der Waals surface area contributed by atoms with Gasteiger partial charge in [-0.25, -0.2) is 0 Å². The Morgan fingerprint density at radius 1 is 1.19 bits per heavy atom. The number of hydrogen-bond acceptors (Lipinski definition) is 4. The van der Waals surface area contributed by atoms with Crippen LogP contribution in [-0.2, 0) is 16.1 Å². The molecular weight excluding hydrogens is 352 g/mol. The van der Waals surface area contributed by atoms with E-state index in [0.29, 0.717) is 39.1 Å². The highest BCUT2D eigenvalue weighted by Crippen LogP contribution is 2.32. The smallest absolute Gasteiger partial charge is 0.230 e. The van der Waals surface area contributed by atoms with E-state index in [4.69, 9.17) is 15.2 Å². The lowest BCUT2D eigenvalue weighted by Gasteiger charge is -2.37. The maximum absolute atomic E-state index is 13.0. The molecular formula is C20H27ClN2O3. The van der Waals surface area contributed by atoms with Crippen molar-refractivity contribution in [3.63, 3.8) is 0 Å². The number of fused-ring (bicyclic) bond motifs is 1. The molecule has 26 heavy (non-hydrogen) atoms. The first-order valence-corrected chi connectivity index (χ1v) is 8.68. The molecule has 0 aliphatic carbocycles. The second-order valence-corrected chi connectivity index (χ2v) is 6.81. The Morgan fingerprint density at radius 2 is 1.85 bits per heavy atom. The molecule has 0 unspecified atom stereocenters. The quantitative estimate of drug-likeness (QED) is 0.868. The van der Waals surface area contributed by atoms with Gasteiger partial charge in [0, 0.05) is 33.4 Å². The summed E-state index contributed by atoms with van der Waals surface area (Å²) >= 11 is 0. The van der Waals surface area contributed by atoms with E-state index >= 15 is 0 Å². The van der Waals surface area contributed by atoms with E-state index in [1.54, 1.807) is 12.0 Å². The number of amides is 1. The van der Waals surface area contributed by atoms with Crippen LogP contribution in [-0.4, -0.2) is 44.7 Å². The number of halogens is 1. The number of ether oxygens (including phenoxy) is 2. The predicted molar refractivity (Wildman–Crippen MR) is 106 cm³/mol. The molecule has 1 saturated heterocycles. The van der Waals surface area contributed by atoms with Crippen LogP contribution in [0.15, 0.2) is 36.4 Å². The molecule has 1 aliphatic rings. The minimum absolute atomic E-state index is 0. The van der Waals surface area contributed by atoms with Crippen LogP contribution in [0.2, 0.25) is 0 Å². The maximum atomic E-state index is 13.0. The molecule has 0 aromatic heterocycles. The third kappa shape index (κ3) is 4.11. The van der Waals surface area contributed by atoms with Gasteiger partial charge in [0.2, 0.25) is 5.91 Å². The highest BCUT2D eigenvalue weighted by Gasteiger charge is 2.40. The standard InChI is InChI=1S/C20H26N2O3.ClH/c1-22(19(23)20(14-21)7-9-25-10-8-20)13-15-3-4-17-12-18(24-2)6-5-16(17)11-15;/h3-6,11-12H,7-10,13-14,21H2,1-2H3;1H. The third-order valence-corrected chi connectivity index (χ3v) is 5.17. The van der Waals surface area contributed by atoms with E-state index in [0.717, 1.165) is 22.1 Å². The SMILES string of the molecule is COc1ccc2cc(CN(C)C(=O)C3(CN)CCOCC3)ccc2c1.Cl. The van der Waals surface area contributed by atoms with E-state index in [-0.39, 0.29) is 18.3 Å². The zero-order chi connectivity index (χ0) is 17.9. The van der Waals surface area contributed by atoms with Crippen LogP contribution in [0, 0.1) is 5.41 Å². The number of nitrogens with zero attached hydrogens (tertiary/aromatic N) is 1. The van der Waals surface area contributed by atoms with Gasteiger partial charge in [-0.05, 0) is 47.4 Å². The minimum atomic E-state index is -0.475. The summed E-state index contributed by atoms with van der Waals surface area (Å²) in [6.07, 6.45) is 1.40. The summed E-state index contributed by atoms with van der Waals surface area (Å²) in [5, 5.41) is 2.26. The number of benzene rings is 2. The molecule has 2 aromatic carbocycles. The number of carbonyl (C=O) groups is 1. The molecule has 2 aromatic rings. The summed E-state index contributed by atoms with van der Waals surface area (Å²) in [6, 6.07) is 12.3. The first kappa shape index (κ1) is 20.5. The van der Waals surface area contributed by atoms with Crippen molar-refractivity contribution in [2.45, 2.75) is 19.4 Å². The highest BCUT2D eigenvalue weighted by molar-refractivity contribution is 5.86. The first-order valence-electron chi connectivity index (χ1n) is 8.68. The van der Waals surface area contributed by atoms with Crippen molar-refractivity contribution in [1.82, 2.24) is 4.90 Å². The van der Waals surface area contributed by atoms with Crippen LogP contribution >= 0.6 is 12.4 Å². The van der Waals surface area contributed by atoms with E-state index in [2.05, 4.69) is 18.2 Å². The monoisotopic (exact) mass is 378 g/mol. The Labute approximate surface area is 160 Å². The molecule has 3 rings (SSSR count). The van der Waals surface area contributed by atoms with E-state index < -0.39 is 5.41 Å². The van der Waals surface area contributed by atoms with Crippen molar-refractivity contribution in [3.8, 4) is 5.75 Å². The van der Waals surface area contributed by atoms with Gasteiger partial charge in [0.1, 0.15) is 5.75 Å². The molecule has 0 bridgehead atoms. The van der Waals surface area contributed by atoms with Gasteiger partial charge in [-0.15, -0.1) is 12.4 Å². The molecule has 6 heteroatoms. The summed E-state index contributed by atoms with van der Waals surface area (Å²) in [5.74, 6) is 0.963. The van der Waals surface area contributed by atoms with Crippen molar-refractivity contribution in [3.05, 3.63) is 42.0 Å². The van der Waals surface area contributed by atoms with Crippen LogP contribution in [0.3, 0.4) is 0 Å². The molecule has 5 nitrogen and oxygen atoms in total. The molecule has 1 fully saturated rings.